The van der Waals surface area contributed by atoms with Crippen molar-refractivity contribution in [3.8, 4) is 5.75 Å². The van der Waals surface area contributed by atoms with E-state index < -0.39 is 0 Å². The van der Waals surface area contributed by atoms with Gasteiger partial charge in [-0.3, -0.25) is 4.79 Å². The molecule has 1 aromatic carbocycles. The molecule has 0 heterocycles. The molecule has 2 rings (SSSR count). The van der Waals surface area contributed by atoms with E-state index in [1.54, 1.807) is 19.1 Å². The molecule has 1 aromatic rings. The quantitative estimate of drug-likeness (QED) is 0.864. The summed E-state index contributed by atoms with van der Waals surface area (Å²) in [6, 6.07) is 7.48. The molecule has 0 saturated heterocycles. The highest BCUT2D eigenvalue weighted by Crippen LogP contribution is 2.33. The minimum absolute atomic E-state index is 0.00515. The van der Waals surface area contributed by atoms with Crippen LogP contribution in [-0.2, 0) is 4.79 Å². The first-order valence-corrected chi connectivity index (χ1v) is 6.28. The molecule has 1 aliphatic carbocycles. The van der Waals surface area contributed by atoms with Crippen molar-refractivity contribution in [3.63, 3.8) is 0 Å². The second kappa shape index (κ2) is 5.40. The topological polar surface area (TPSA) is 55.6 Å². The minimum atomic E-state index is 0.00515. The smallest absolute Gasteiger partial charge is 0.228 e. The molecule has 0 spiro atoms. The van der Waals surface area contributed by atoms with E-state index in [9.17, 15) is 4.79 Å². The molecular formula is C14H20N2O2. The molecule has 0 radical (unpaired) electrons. The Labute approximate surface area is 108 Å². The van der Waals surface area contributed by atoms with E-state index in [0.29, 0.717) is 12.3 Å². The number of methoxy groups -OCH3 is 1. The number of carbonyl (C=O) groups excluding carboxylic acids is 1. The van der Waals surface area contributed by atoms with Crippen LogP contribution in [-0.4, -0.2) is 26.1 Å². The fraction of sp³-hybridized carbons (Fsp3) is 0.500. The number of rotatable bonds is 5. The highest BCUT2D eigenvalue weighted by molar-refractivity contribution is 5.93. The molecule has 0 bridgehead atoms. The van der Waals surface area contributed by atoms with Crippen molar-refractivity contribution in [1.82, 2.24) is 0 Å². The maximum atomic E-state index is 12.1. The summed E-state index contributed by atoms with van der Waals surface area (Å²) in [6.07, 6.45) is 2.74. The summed E-state index contributed by atoms with van der Waals surface area (Å²) >= 11 is 0. The zero-order valence-corrected chi connectivity index (χ0v) is 10.9. The van der Waals surface area contributed by atoms with Crippen LogP contribution in [0.25, 0.3) is 0 Å². The van der Waals surface area contributed by atoms with Gasteiger partial charge in [0, 0.05) is 31.3 Å². The van der Waals surface area contributed by atoms with Gasteiger partial charge in [0.15, 0.2) is 0 Å². The Morgan fingerprint density at radius 2 is 2.28 bits per heavy atom. The highest BCUT2D eigenvalue weighted by atomic mass is 16.5. The predicted octanol–water partition coefficient (Wildman–Crippen LogP) is 1.79. The number of ether oxygens (including phenoxy) is 1. The molecule has 1 amide bonds. The SMILES string of the molecule is COc1cccc(N(C)C(=O)CC(N)C2CC2)c1. The number of nitrogens with two attached hydrogens (primary N) is 1. The molecule has 2 N–H and O–H groups in total. The molecule has 0 aliphatic heterocycles. The fourth-order valence-corrected chi connectivity index (χ4v) is 1.99. The van der Waals surface area contributed by atoms with Gasteiger partial charge in [0.1, 0.15) is 5.75 Å². The van der Waals surface area contributed by atoms with Gasteiger partial charge in [-0.25, -0.2) is 0 Å². The molecule has 4 nitrogen and oxygen atoms in total. The van der Waals surface area contributed by atoms with Crippen LogP contribution < -0.4 is 15.4 Å². The molecule has 18 heavy (non-hydrogen) atoms. The van der Waals surface area contributed by atoms with Crippen molar-refractivity contribution in [1.29, 1.82) is 0 Å². The van der Waals surface area contributed by atoms with Gasteiger partial charge in [-0.15, -0.1) is 0 Å². The summed E-state index contributed by atoms with van der Waals surface area (Å²) in [5, 5.41) is 0. The van der Waals surface area contributed by atoms with Crippen molar-refractivity contribution >= 4 is 11.6 Å². The molecule has 1 fully saturated rings. The zero-order chi connectivity index (χ0) is 13.1. The molecule has 1 unspecified atom stereocenters. The van der Waals surface area contributed by atoms with Gasteiger partial charge < -0.3 is 15.4 Å². The van der Waals surface area contributed by atoms with Crippen LogP contribution in [0.4, 0.5) is 5.69 Å². The van der Waals surface area contributed by atoms with E-state index in [0.717, 1.165) is 24.3 Å². The van der Waals surface area contributed by atoms with Gasteiger partial charge in [-0.2, -0.15) is 0 Å². The van der Waals surface area contributed by atoms with Crippen LogP contribution in [0.2, 0.25) is 0 Å². The molecule has 98 valence electrons. The Hall–Kier alpha value is -1.55. The molecule has 1 atom stereocenters. The number of anilines is 1. The summed E-state index contributed by atoms with van der Waals surface area (Å²) in [6.45, 7) is 0. The fourth-order valence-electron chi connectivity index (χ4n) is 1.99. The average Bonchev–Trinajstić information content (AvgIpc) is 3.22. The first-order chi connectivity index (χ1) is 8.61. The van der Waals surface area contributed by atoms with E-state index >= 15 is 0 Å². The van der Waals surface area contributed by atoms with Crippen molar-refractivity contribution in [3.05, 3.63) is 24.3 Å². The normalized spacial score (nSPS) is 16.2. The van der Waals surface area contributed by atoms with E-state index in [-0.39, 0.29) is 11.9 Å². The molecule has 4 heteroatoms. The summed E-state index contributed by atoms with van der Waals surface area (Å²) in [5.74, 6) is 1.36. The minimum Gasteiger partial charge on any atom is -0.497 e. The third-order valence-corrected chi connectivity index (χ3v) is 3.45. The Balaban J connectivity index is 2.00. The zero-order valence-electron chi connectivity index (χ0n) is 10.9. The third-order valence-electron chi connectivity index (χ3n) is 3.45. The lowest BCUT2D eigenvalue weighted by atomic mass is 10.1. The summed E-state index contributed by atoms with van der Waals surface area (Å²) < 4.78 is 5.15. The Morgan fingerprint density at radius 1 is 1.56 bits per heavy atom. The van der Waals surface area contributed by atoms with Crippen LogP contribution in [0.5, 0.6) is 5.75 Å². The first-order valence-electron chi connectivity index (χ1n) is 6.28. The van der Waals surface area contributed by atoms with Gasteiger partial charge in [-0.05, 0) is 30.9 Å². The van der Waals surface area contributed by atoms with Gasteiger partial charge in [0.05, 0.1) is 7.11 Å². The molecule has 0 aromatic heterocycles. The van der Waals surface area contributed by atoms with Crippen LogP contribution in [0.3, 0.4) is 0 Å². The van der Waals surface area contributed by atoms with E-state index in [4.69, 9.17) is 10.5 Å². The maximum Gasteiger partial charge on any atom is 0.228 e. The largest absolute Gasteiger partial charge is 0.497 e. The van der Waals surface area contributed by atoms with Crippen LogP contribution >= 0.6 is 0 Å². The van der Waals surface area contributed by atoms with Gasteiger partial charge >= 0.3 is 0 Å². The molecule has 1 aliphatic rings. The monoisotopic (exact) mass is 248 g/mol. The van der Waals surface area contributed by atoms with Gasteiger partial charge in [0.2, 0.25) is 5.91 Å². The Morgan fingerprint density at radius 3 is 2.89 bits per heavy atom. The van der Waals surface area contributed by atoms with Gasteiger partial charge in [-0.1, -0.05) is 6.07 Å². The van der Waals surface area contributed by atoms with E-state index in [1.807, 2.05) is 24.3 Å². The van der Waals surface area contributed by atoms with E-state index in [1.165, 1.54) is 0 Å². The number of hydrogen-bond acceptors (Lipinski definition) is 3. The number of carbonyl (C=O) groups is 1. The maximum absolute atomic E-state index is 12.1. The summed E-state index contributed by atoms with van der Waals surface area (Å²) in [7, 11) is 3.39. The Kier molecular flexibility index (Phi) is 3.87. The molecule has 1 saturated carbocycles. The number of amides is 1. The average molecular weight is 248 g/mol. The second-order valence-corrected chi connectivity index (χ2v) is 4.86. The van der Waals surface area contributed by atoms with E-state index in [2.05, 4.69) is 0 Å². The highest BCUT2D eigenvalue weighted by Gasteiger charge is 2.30. The first kappa shape index (κ1) is 12.9. The lowest BCUT2D eigenvalue weighted by Gasteiger charge is -2.20. The van der Waals surface area contributed by atoms with Crippen LogP contribution in [0, 0.1) is 5.92 Å². The predicted molar refractivity (Wildman–Crippen MR) is 71.7 cm³/mol. The third kappa shape index (κ3) is 3.01. The summed E-state index contributed by atoms with van der Waals surface area (Å²) in [4.78, 5) is 13.7. The molecular weight excluding hydrogens is 228 g/mol. The van der Waals surface area contributed by atoms with Crippen molar-refractivity contribution in [2.75, 3.05) is 19.1 Å². The van der Waals surface area contributed by atoms with Crippen molar-refractivity contribution < 1.29 is 9.53 Å². The number of nitrogens with zero attached hydrogens (tertiary/aromatic N) is 1. The lowest BCUT2D eigenvalue weighted by molar-refractivity contribution is -0.118. The standard InChI is InChI=1S/C14H20N2O2/c1-16(11-4-3-5-12(8-11)18-2)14(17)9-13(15)10-6-7-10/h3-5,8,10,13H,6-7,9,15H2,1-2H3. The Bertz CT molecular complexity index is 430. The second-order valence-electron chi connectivity index (χ2n) is 4.86. The summed E-state index contributed by atoms with van der Waals surface area (Å²) in [5.41, 5.74) is 6.82. The number of hydrogen-bond donors (Lipinski definition) is 1. The van der Waals surface area contributed by atoms with Crippen LogP contribution in [0.1, 0.15) is 19.3 Å². The lowest BCUT2D eigenvalue weighted by Crippen LogP contribution is -2.34. The van der Waals surface area contributed by atoms with Gasteiger partial charge in [0.25, 0.3) is 0 Å². The van der Waals surface area contributed by atoms with Crippen LogP contribution in [0.15, 0.2) is 24.3 Å². The van der Waals surface area contributed by atoms with Crippen molar-refractivity contribution in [2.45, 2.75) is 25.3 Å². The van der Waals surface area contributed by atoms with Crippen molar-refractivity contribution in [2.24, 2.45) is 11.7 Å². The number of benzene rings is 1.